The largest absolute Gasteiger partial charge is 0.454 e. The molecule has 0 saturated carbocycles. The number of anilines is 2. The molecule has 0 aromatic heterocycles. The number of amides is 3. The van der Waals surface area contributed by atoms with E-state index >= 15 is 0 Å². The Labute approximate surface area is 188 Å². The fourth-order valence-corrected chi connectivity index (χ4v) is 6.70. The van der Waals surface area contributed by atoms with Crippen LogP contribution in [-0.2, 0) is 19.9 Å². The van der Waals surface area contributed by atoms with Crippen LogP contribution in [0, 0.1) is 11.8 Å². The third-order valence-corrected chi connectivity index (χ3v) is 7.91. The Hall–Kier alpha value is -3.10. The number of rotatable bonds is 1. The molecule has 4 unspecified atom stereocenters. The molecule has 5 aliphatic heterocycles. The third-order valence-electron chi connectivity index (χ3n) is 7.59. The molecule has 9 heteroatoms. The van der Waals surface area contributed by atoms with Crippen LogP contribution in [0.4, 0.5) is 11.4 Å². The predicted octanol–water partition coefficient (Wildman–Crippen LogP) is 2.50. The van der Waals surface area contributed by atoms with E-state index < -0.39 is 17.4 Å². The molecule has 3 saturated heterocycles. The number of halogens is 1. The summed E-state index contributed by atoms with van der Waals surface area (Å²) in [6, 6.07) is 10.2. The lowest BCUT2D eigenvalue weighted by molar-refractivity contribution is -0.135. The number of nitrogens with one attached hydrogen (secondary N) is 1. The first-order valence-electron chi connectivity index (χ1n) is 10.7. The average Bonchev–Trinajstić information content (AvgIpc) is 3.55. The van der Waals surface area contributed by atoms with Crippen LogP contribution >= 0.6 is 11.6 Å². The molecule has 1 N–H and O–H groups in total. The molecule has 162 valence electrons. The summed E-state index contributed by atoms with van der Waals surface area (Å²) in [5, 5.41) is 3.34. The van der Waals surface area contributed by atoms with Crippen molar-refractivity contribution in [3.8, 4) is 11.5 Å². The van der Waals surface area contributed by atoms with Gasteiger partial charge in [-0.05, 0) is 37.6 Å². The van der Waals surface area contributed by atoms with E-state index in [0.717, 1.165) is 12.8 Å². The molecule has 0 radical (unpaired) electrons. The van der Waals surface area contributed by atoms with Crippen LogP contribution in [0.1, 0.15) is 18.4 Å². The van der Waals surface area contributed by atoms with Crippen molar-refractivity contribution in [2.45, 2.75) is 24.4 Å². The monoisotopic (exact) mass is 451 g/mol. The molecule has 5 aliphatic rings. The number of carbonyl (C=O) groups excluding carboxylic acids is 3. The summed E-state index contributed by atoms with van der Waals surface area (Å²) >= 11 is 6.40. The van der Waals surface area contributed by atoms with Gasteiger partial charge in [-0.25, -0.2) is 4.90 Å². The van der Waals surface area contributed by atoms with Gasteiger partial charge in [0.15, 0.2) is 11.5 Å². The number of hydrogen-bond donors (Lipinski definition) is 1. The zero-order valence-electron chi connectivity index (χ0n) is 16.8. The maximum absolute atomic E-state index is 13.9. The van der Waals surface area contributed by atoms with Crippen molar-refractivity contribution in [1.29, 1.82) is 0 Å². The Kier molecular flexibility index (Phi) is 3.48. The highest BCUT2D eigenvalue weighted by molar-refractivity contribution is 6.35. The Morgan fingerprint density at radius 3 is 2.78 bits per heavy atom. The van der Waals surface area contributed by atoms with E-state index in [0.29, 0.717) is 40.0 Å². The van der Waals surface area contributed by atoms with Crippen LogP contribution < -0.4 is 19.7 Å². The van der Waals surface area contributed by atoms with Crippen molar-refractivity contribution >= 4 is 40.7 Å². The Morgan fingerprint density at radius 1 is 1.06 bits per heavy atom. The number of benzene rings is 2. The highest BCUT2D eigenvalue weighted by Gasteiger charge is 2.74. The summed E-state index contributed by atoms with van der Waals surface area (Å²) in [5.74, 6) is -1.25. The van der Waals surface area contributed by atoms with Crippen LogP contribution in [-0.4, -0.2) is 42.0 Å². The minimum Gasteiger partial charge on any atom is -0.454 e. The summed E-state index contributed by atoms with van der Waals surface area (Å²) in [6.45, 7) is 0.755. The first-order chi connectivity index (χ1) is 15.5. The maximum Gasteiger partial charge on any atom is 0.250 e. The summed E-state index contributed by atoms with van der Waals surface area (Å²) in [4.78, 5) is 44.6. The van der Waals surface area contributed by atoms with E-state index in [1.807, 2.05) is 6.07 Å². The maximum atomic E-state index is 13.9. The molecule has 5 heterocycles. The smallest absolute Gasteiger partial charge is 0.250 e. The van der Waals surface area contributed by atoms with Crippen LogP contribution in [0.15, 0.2) is 36.4 Å². The highest BCUT2D eigenvalue weighted by atomic mass is 35.5. The van der Waals surface area contributed by atoms with Crippen molar-refractivity contribution in [3.05, 3.63) is 47.0 Å². The van der Waals surface area contributed by atoms with Gasteiger partial charge in [0.2, 0.25) is 18.6 Å². The summed E-state index contributed by atoms with van der Waals surface area (Å²) in [7, 11) is 0. The van der Waals surface area contributed by atoms with E-state index in [-0.39, 0.29) is 30.6 Å². The molecule has 2 aromatic carbocycles. The molecular formula is C23H18ClN3O5. The van der Waals surface area contributed by atoms with Gasteiger partial charge < -0.3 is 14.8 Å². The van der Waals surface area contributed by atoms with E-state index in [9.17, 15) is 14.4 Å². The number of hydrogen-bond acceptors (Lipinski definition) is 6. The van der Waals surface area contributed by atoms with Gasteiger partial charge in [-0.15, -0.1) is 0 Å². The topological polar surface area (TPSA) is 88.2 Å². The zero-order valence-corrected chi connectivity index (χ0v) is 17.6. The molecule has 4 atom stereocenters. The Balaban J connectivity index is 1.41. The van der Waals surface area contributed by atoms with Crippen LogP contribution in [0.2, 0.25) is 5.02 Å². The Morgan fingerprint density at radius 2 is 1.91 bits per heavy atom. The number of para-hydroxylation sites is 1. The standard InChI is InChI=1S/C23H18ClN3O5/c24-13-4-1-3-12-19(13)25-22(30)23(12)18-17(14-5-2-8-26(14)23)20(28)27(21(18)29)11-6-7-15-16(9-11)32-10-31-15/h1,3-4,6-7,9,14,17-18H,2,5,8,10H2,(H,25,30). The first kappa shape index (κ1) is 18.5. The van der Waals surface area contributed by atoms with Gasteiger partial charge >= 0.3 is 0 Å². The summed E-state index contributed by atoms with van der Waals surface area (Å²) < 4.78 is 10.8. The minimum atomic E-state index is -1.23. The summed E-state index contributed by atoms with van der Waals surface area (Å²) in [6.07, 6.45) is 1.63. The highest BCUT2D eigenvalue weighted by Crippen LogP contribution is 2.61. The van der Waals surface area contributed by atoms with Crippen molar-refractivity contribution < 1.29 is 23.9 Å². The van der Waals surface area contributed by atoms with Crippen LogP contribution in [0.25, 0.3) is 0 Å². The van der Waals surface area contributed by atoms with Gasteiger partial charge in [0, 0.05) is 17.7 Å². The van der Waals surface area contributed by atoms with Crippen LogP contribution in [0.5, 0.6) is 11.5 Å². The van der Waals surface area contributed by atoms with Gasteiger partial charge in [0.1, 0.15) is 5.54 Å². The van der Waals surface area contributed by atoms with Crippen molar-refractivity contribution in [3.63, 3.8) is 0 Å². The Bertz CT molecular complexity index is 1250. The van der Waals surface area contributed by atoms with E-state index in [1.165, 1.54) is 4.90 Å². The second kappa shape index (κ2) is 6.02. The van der Waals surface area contributed by atoms with Crippen molar-refractivity contribution in [1.82, 2.24) is 4.90 Å². The number of carbonyl (C=O) groups is 3. The molecule has 1 spiro atoms. The van der Waals surface area contributed by atoms with Gasteiger partial charge in [0.25, 0.3) is 5.91 Å². The lowest BCUT2D eigenvalue weighted by atomic mass is 9.75. The van der Waals surface area contributed by atoms with E-state index in [2.05, 4.69) is 10.2 Å². The second-order valence-electron chi connectivity index (χ2n) is 8.84. The lowest BCUT2D eigenvalue weighted by Crippen LogP contribution is -2.54. The van der Waals surface area contributed by atoms with Crippen molar-refractivity contribution in [2.24, 2.45) is 11.8 Å². The van der Waals surface area contributed by atoms with Gasteiger partial charge in [-0.3, -0.25) is 19.3 Å². The quantitative estimate of drug-likeness (QED) is 0.670. The van der Waals surface area contributed by atoms with Gasteiger partial charge in [-0.2, -0.15) is 0 Å². The first-order valence-corrected chi connectivity index (χ1v) is 11.1. The van der Waals surface area contributed by atoms with Gasteiger partial charge in [-0.1, -0.05) is 23.7 Å². The molecule has 3 amide bonds. The molecule has 0 bridgehead atoms. The van der Waals surface area contributed by atoms with E-state index in [1.54, 1.807) is 30.3 Å². The SMILES string of the molecule is O=C1C2C3CCCN3C3(C(=O)Nc4c(Cl)cccc43)C2C(=O)N1c1ccc2c(c1)OCO2. The second-order valence-corrected chi connectivity index (χ2v) is 9.25. The number of nitrogens with zero attached hydrogens (tertiary/aromatic N) is 2. The molecule has 2 aromatic rings. The predicted molar refractivity (Wildman–Crippen MR) is 114 cm³/mol. The molecular weight excluding hydrogens is 434 g/mol. The molecule has 8 nitrogen and oxygen atoms in total. The minimum absolute atomic E-state index is 0.101. The number of imide groups is 1. The molecule has 0 aliphatic carbocycles. The van der Waals surface area contributed by atoms with Crippen LogP contribution in [0.3, 0.4) is 0 Å². The summed E-state index contributed by atoms with van der Waals surface area (Å²) in [5.41, 5.74) is 0.419. The zero-order chi connectivity index (χ0) is 21.8. The van der Waals surface area contributed by atoms with Crippen molar-refractivity contribution in [2.75, 3.05) is 23.6 Å². The third kappa shape index (κ3) is 1.96. The fourth-order valence-electron chi connectivity index (χ4n) is 6.47. The molecule has 32 heavy (non-hydrogen) atoms. The van der Waals surface area contributed by atoms with Gasteiger partial charge in [0.05, 0.1) is 28.2 Å². The fraction of sp³-hybridized carbons (Fsp3) is 0.348. The molecule has 3 fully saturated rings. The lowest BCUT2D eigenvalue weighted by Gasteiger charge is -2.36. The number of fused-ring (bicyclic) bond motifs is 8. The number of ether oxygens (including phenoxy) is 2. The normalized spacial score (nSPS) is 32.0. The average molecular weight is 452 g/mol. The van der Waals surface area contributed by atoms with E-state index in [4.69, 9.17) is 21.1 Å². The molecule has 7 rings (SSSR count).